The molecule has 5 nitrogen and oxygen atoms in total. The molecule has 1 aliphatic heterocycles. The number of hydrogen-bond donors (Lipinski definition) is 2. The van der Waals surface area contributed by atoms with Crippen LogP contribution in [-0.4, -0.2) is 48.9 Å². The molecular weight excluding hydrogens is 292 g/mol. The van der Waals surface area contributed by atoms with Crippen molar-refractivity contribution in [2.45, 2.75) is 19.9 Å². The fourth-order valence-electron chi connectivity index (χ4n) is 2.55. The normalized spacial score (nSPS) is 17.2. The van der Waals surface area contributed by atoms with E-state index < -0.39 is 11.6 Å². The number of benzene rings is 1. The maximum atomic E-state index is 13.1. The van der Waals surface area contributed by atoms with Crippen LogP contribution in [0.15, 0.2) is 18.2 Å². The van der Waals surface area contributed by atoms with E-state index in [4.69, 9.17) is 0 Å². The van der Waals surface area contributed by atoms with Crippen LogP contribution < -0.4 is 10.2 Å². The van der Waals surface area contributed by atoms with Crippen molar-refractivity contribution in [3.05, 3.63) is 29.8 Å². The van der Waals surface area contributed by atoms with Crippen LogP contribution in [0, 0.1) is 11.6 Å². The van der Waals surface area contributed by atoms with Crippen LogP contribution in [0.2, 0.25) is 0 Å². The van der Waals surface area contributed by atoms with E-state index in [1.807, 2.05) is 0 Å². The molecule has 1 aromatic carbocycles. The van der Waals surface area contributed by atoms with E-state index in [-0.39, 0.29) is 23.5 Å². The monoisotopic (exact) mass is 312 g/mol. The number of anilines is 1. The van der Waals surface area contributed by atoms with Crippen molar-refractivity contribution in [2.75, 3.05) is 31.5 Å². The van der Waals surface area contributed by atoms with E-state index in [0.717, 1.165) is 17.0 Å². The molecule has 1 aromatic rings. The largest absolute Gasteiger partial charge is 0.332 e. The topological polar surface area (TPSA) is 53.9 Å². The molecular formula is C15H20F2N3O2+. The maximum absolute atomic E-state index is 13.1. The number of carbonyl (C=O) groups excluding carboxylic acids is 2. The molecule has 1 aliphatic rings. The lowest BCUT2D eigenvalue weighted by atomic mass is 10.2. The van der Waals surface area contributed by atoms with Crippen LogP contribution in [0.3, 0.4) is 0 Å². The number of quaternary nitrogens is 1. The lowest BCUT2D eigenvalue weighted by Gasteiger charge is -2.34. The third kappa shape index (κ3) is 3.79. The molecule has 7 heteroatoms. The molecule has 22 heavy (non-hydrogen) atoms. The molecule has 1 atom stereocenters. The molecule has 1 heterocycles. The van der Waals surface area contributed by atoms with Gasteiger partial charge in [0, 0.05) is 18.7 Å². The van der Waals surface area contributed by atoms with Crippen molar-refractivity contribution < 1.29 is 23.3 Å². The molecule has 2 rings (SSSR count). The number of piperazine rings is 1. The van der Waals surface area contributed by atoms with Crippen LogP contribution in [0.1, 0.15) is 13.8 Å². The van der Waals surface area contributed by atoms with E-state index in [1.54, 1.807) is 11.8 Å². The fourth-order valence-corrected chi connectivity index (χ4v) is 2.55. The van der Waals surface area contributed by atoms with E-state index in [2.05, 4.69) is 5.32 Å². The number of nitrogens with one attached hydrogen (secondary N) is 2. The van der Waals surface area contributed by atoms with Gasteiger partial charge in [-0.3, -0.25) is 9.59 Å². The van der Waals surface area contributed by atoms with Crippen molar-refractivity contribution in [3.8, 4) is 0 Å². The zero-order valence-corrected chi connectivity index (χ0v) is 12.7. The molecule has 0 spiro atoms. The summed E-state index contributed by atoms with van der Waals surface area (Å²) in [7, 11) is 0. The Balaban J connectivity index is 1.92. The molecule has 0 aliphatic carbocycles. The van der Waals surface area contributed by atoms with Crippen LogP contribution in [0.25, 0.3) is 0 Å². The van der Waals surface area contributed by atoms with E-state index in [0.29, 0.717) is 26.2 Å². The summed E-state index contributed by atoms with van der Waals surface area (Å²) < 4.78 is 26.0. The second kappa shape index (κ2) is 6.83. The van der Waals surface area contributed by atoms with Crippen molar-refractivity contribution in [1.82, 2.24) is 4.90 Å². The van der Waals surface area contributed by atoms with Gasteiger partial charge in [0.25, 0.3) is 5.91 Å². The number of carbonyl (C=O) groups is 2. The van der Waals surface area contributed by atoms with E-state index in [1.165, 1.54) is 13.0 Å². The minimum absolute atomic E-state index is 0.0398. The maximum Gasteiger partial charge on any atom is 0.282 e. The van der Waals surface area contributed by atoms with Gasteiger partial charge in [0.05, 0.1) is 26.2 Å². The summed E-state index contributed by atoms with van der Waals surface area (Å²) in [4.78, 5) is 26.3. The Morgan fingerprint density at radius 3 is 2.41 bits per heavy atom. The summed E-state index contributed by atoms with van der Waals surface area (Å²) in [6.07, 6.45) is 0. The quantitative estimate of drug-likeness (QED) is 0.828. The summed E-state index contributed by atoms with van der Waals surface area (Å²) in [5.41, 5.74) is 0.234. The summed E-state index contributed by atoms with van der Waals surface area (Å²) in [5.74, 6) is -2.15. The second-order valence-electron chi connectivity index (χ2n) is 5.50. The van der Waals surface area contributed by atoms with Gasteiger partial charge in [0.15, 0.2) is 17.7 Å². The summed E-state index contributed by atoms with van der Waals surface area (Å²) in [6, 6.07) is 2.94. The van der Waals surface area contributed by atoms with Gasteiger partial charge in [-0.25, -0.2) is 8.78 Å². The minimum atomic E-state index is -0.993. The molecule has 0 radical (unpaired) electrons. The first-order valence-corrected chi connectivity index (χ1v) is 7.24. The third-order valence-electron chi connectivity index (χ3n) is 4.04. The Labute approximate surface area is 127 Å². The smallest absolute Gasteiger partial charge is 0.282 e. The fraction of sp³-hybridized carbons (Fsp3) is 0.467. The van der Waals surface area contributed by atoms with Crippen LogP contribution in [-0.2, 0) is 9.59 Å². The molecule has 2 N–H and O–H groups in total. The highest BCUT2D eigenvalue weighted by Crippen LogP contribution is 2.13. The standard InChI is InChI=1S/C15H19F2N3O2/c1-10(19-5-7-20(8-6-19)11(2)21)15(22)18-12-3-4-13(16)14(17)9-12/h3-4,9-10H,5-8H2,1-2H3,(H,18,22)/p+1/t10-/m0/s1. The van der Waals surface area contributed by atoms with Gasteiger partial charge in [-0.05, 0) is 19.1 Å². The lowest BCUT2D eigenvalue weighted by Crippen LogP contribution is -3.19. The molecule has 0 bridgehead atoms. The first-order chi connectivity index (χ1) is 10.4. The third-order valence-corrected chi connectivity index (χ3v) is 4.04. The van der Waals surface area contributed by atoms with Crippen molar-refractivity contribution in [2.24, 2.45) is 0 Å². The molecule has 1 fully saturated rings. The van der Waals surface area contributed by atoms with Crippen molar-refractivity contribution in [1.29, 1.82) is 0 Å². The van der Waals surface area contributed by atoms with Gasteiger partial charge in [-0.15, -0.1) is 0 Å². The average Bonchev–Trinajstić information content (AvgIpc) is 2.50. The van der Waals surface area contributed by atoms with Crippen LogP contribution in [0.5, 0.6) is 0 Å². The first kappa shape index (κ1) is 16.4. The molecule has 120 valence electrons. The molecule has 0 unspecified atom stereocenters. The lowest BCUT2D eigenvalue weighted by molar-refractivity contribution is -0.917. The highest BCUT2D eigenvalue weighted by molar-refractivity contribution is 5.93. The Morgan fingerprint density at radius 1 is 1.23 bits per heavy atom. The number of rotatable bonds is 3. The van der Waals surface area contributed by atoms with Crippen LogP contribution >= 0.6 is 0 Å². The van der Waals surface area contributed by atoms with E-state index in [9.17, 15) is 18.4 Å². The molecule has 2 amide bonds. The second-order valence-corrected chi connectivity index (χ2v) is 5.50. The predicted molar refractivity (Wildman–Crippen MR) is 77.4 cm³/mol. The van der Waals surface area contributed by atoms with Gasteiger partial charge >= 0.3 is 0 Å². The average molecular weight is 312 g/mol. The van der Waals surface area contributed by atoms with Crippen molar-refractivity contribution in [3.63, 3.8) is 0 Å². The summed E-state index contributed by atoms with van der Waals surface area (Å²) in [6.45, 7) is 5.93. The zero-order valence-electron chi connectivity index (χ0n) is 12.7. The predicted octanol–water partition coefficient (Wildman–Crippen LogP) is 0.0388. The van der Waals surface area contributed by atoms with Crippen molar-refractivity contribution >= 4 is 17.5 Å². The Bertz CT molecular complexity index is 572. The van der Waals surface area contributed by atoms with E-state index >= 15 is 0 Å². The van der Waals surface area contributed by atoms with Gasteiger partial charge < -0.3 is 15.1 Å². The number of halogens is 2. The van der Waals surface area contributed by atoms with Gasteiger partial charge in [0.1, 0.15) is 0 Å². The van der Waals surface area contributed by atoms with Gasteiger partial charge in [-0.2, -0.15) is 0 Å². The Morgan fingerprint density at radius 2 is 1.86 bits per heavy atom. The summed E-state index contributed by atoms with van der Waals surface area (Å²) in [5, 5.41) is 2.59. The number of hydrogen-bond acceptors (Lipinski definition) is 2. The van der Waals surface area contributed by atoms with Gasteiger partial charge in [-0.1, -0.05) is 0 Å². The zero-order chi connectivity index (χ0) is 16.3. The molecule has 1 saturated heterocycles. The Hall–Kier alpha value is -2.02. The highest BCUT2D eigenvalue weighted by Gasteiger charge is 2.29. The van der Waals surface area contributed by atoms with Gasteiger partial charge in [0.2, 0.25) is 5.91 Å². The highest BCUT2D eigenvalue weighted by atomic mass is 19.2. The Kier molecular flexibility index (Phi) is 5.07. The minimum Gasteiger partial charge on any atom is -0.332 e. The molecule has 0 saturated carbocycles. The number of amides is 2. The number of nitrogens with zero attached hydrogens (tertiary/aromatic N) is 1. The SMILES string of the molecule is CC(=O)N1CC[NH+]([C@@H](C)C(=O)Nc2ccc(F)c(F)c2)CC1. The molecule has 0 aromatic heterocycles. The summed E-state index contributed by atoms with van der Waals surface area (Å²) >= 11 is 0. The van der Waals surface area contributed by atoms with Crippen LogP contribution in [0.4, 0.5) is 14.5 Å². The first-order valence-electron chi connectivity index (χ1n) is 7.24.